The fourth-order valence-electron chi connectivity index (χ4n) is 4.49. The van der Waals surface area contributed by atoms with Crippen LogP contribution in [-0.2, 0) is 22.6 Å². The molecule has 182 valence electrons. The van der Waals surface area contributed by atoms with Crippen molar-refractivity contribution in [3.05, 3.63) is 49.8 Å². The summed E-state index contributed by atoms with van der Waals surface area (Å²) >= 11 is 13.8. The molecule has 2 aromatic rings. The number of nitriles is 1. The number of thiophene rings is 1. The number of amides is 2. The Morgan fingerprint density at radius 1 is 1.26 bits per heavy atom. The van der Waals surface area contributed by atoms with Crippen molar-refractivity contribution in [2.45, 2.75) is 78.3 Å². The van der Waals surface area contributed by atoms with Crippen molar-refractivity contribution in [1.82, 2.24) is 4.90 Å². The number of carbonyl (C=O) groups is 2. The third kappa shape index (κ3) is 5.59. The van der Waals surface area contributed by atoms with E-state index in [4.69, 9.17) is 23.2 Å². The molecule has 1 aromatic carbocycles. The van der Waals surface area contributed by atoms with Gasteiger partial charge in [0.05, 0.1) is 11.5 Å². The molecule has 1 aliphatic rings. The third-order valence-corrected chi connectivity index (χ3v) is 8.39. The van der Waals surface area contributed by atoms with E-state index in [9.17, 15) is 14.9 Å². The molecule has 2 amide bonds. The van der Waals surface area contributed by atoms with Crippen LogP contribution in [0.5, 0.6) is 0 Å². The summed E-state index contributed by atoms with van der Waals surface area (Å²) in [5.41, 5.74) is 2.25. The maximum atomic E-state index is 13.8. The van der Waals surface area contributed by atoms with Gasteiger partial charge in [-0.2, -0.15) is 5.26 Å². The van der Waals surface area contributed by atoms with Gasteiger partial charge in [-0.1, -0.05) is 43.1 Å². The van der Waals surface area contributed by atoms with Crippen LogP contribution in [0, 0.1) is 17.2 Å². The molecule has 1 unspecified atom stereocenters. The Balaban J connectivity index is 1.92. The normalized spacial score (nSPS) is 15.2. The lowest BCUT2D eigenvalue weighted by Crippen LogP contribution is -2.40. The Kier molecular flexibility index (Phi) is 9.03. The predicted octanol–water partition coefficient (Wildman–Crippen LogP) is 7.16. The van der Waals surface area contributed by atoms with Crippen LogP contribution in [0.3, 0.4) is 0 Å². The minimum absolute atomic E-state index is 0.0191. The molecule has 1 aliphatic carbocycles. The third-order valence-electron chi connectivity index (χ3n) is 6.54. The second kappa shape index (κ2) is 11.6. The van der Waals surface area contributed by atoms with Crippen LogP contribution in [0.25, 0.3) is 0 Å². The average Bonchev–Trinajstić information content (AvgIpc) is 3.15. The first-order chi connectivity index (χ1) is 16.2. The Labute approximate surface area is 216 Å². The standard InChI is InChI=1S/C26H31Cl2N3O2S/c1-5-16(6-2)24(32)30-25-21(13-29)19-8-7-9-20(23(19)34-25)26(33)31(15(3)4)14-17-10-11-18(27)12-22(17)28/h10-12,15-16,20H,5-9,14H2,1-4H3,(H,30,32). The van der Waals surface area contributed by atoms with Gasteiger partial charge < -0.3 is 10.2 Å². The number of halogens is 2. The molecule has 1 N–H and O–H groups in total. The number of carbonyl (C=O) groups excluding carboxylic acids is 2. The van der Waals surface area contributed by atoms with E-state index in [0.29, 0.717) is 33.6 Å². The molecule has 0 aliphatic heterocycles. The number of benzene rings is 1. The minimum atomic E-state index is -0.340. The van der Waals surface area contributed by atoms with Gasteiger partial charge >= 0.3 is 0 Å². The van der Waals surface area contributed by atoms with Gasteiger partial charge in [0.15, 0.2) is 0 Å². The van der Waals surface area contributed by atoms with Gasteiger partial charge in [0.2, 0.25) is 11.8 Å². The Morgan fingerprint density at radius 2 is 1.97 bits per heavy atom. The maximum absolute atomic E-state index is 13.8. The van der Waals surface area contributed by atoms with E-state index >= 15 is 0 Å². The second-order valence-corrected chi connectivity index (χ2v) is 10.9. The highest BCUT2D eigenvalue weighted by atomic mass is 35.5. The number of anilines is 1. The van der Waals surface area contributed by atoms with Crippen LogP contribution in [0.15, 0.2) is 18.2 Å². The van der Waals surface area contributed by atoms with Crippen molar-refractivity contribution in [2.24, 2.45) is 5.92 Å². The van der Waals surface area contributed by atoms with Crippen molar-refractivity contribution < 1.29 is 9.59 Å². The maximum Gasteiger partial charge on any atom is 0.231 e. The van der Waals surface area contributed by atoms with Gasteiger partial charge in [0.1, 0.15) is 11.1 Å². The fourth-order valence-corrected chi connectivity index (χ4v) is 6.29. The molecule has 1 heterocycles. The summed E-state index contributed by atoms with van der Waals surface area (Å²) in [5.74, 6) is -0.480. The predicted molar refractivity (Wildman–Crippen MR) is 140 cm³/mol. The largest absolute Gasteiger partial charge is 0.335 e. The van der Waals surface area contributed by atoms with Crippen LogP contribution in [0.4, 0.5) is 5.00 Å². The Hall–Kier alpha value is -2.07. The molecule has 1 aromatic heterocycles. The summed E-state index contributed by atoms with van der Waals surface area (Å²) in [4.78, 5) is 29.3. The zero-order valence-electron chi connectivity index (χ0n) is 20.1. The number of nitrogens with zero attached hydrogens (tertiary/aromatic N) is 2. The second-order valence-electron chi connectivity index (χ2n) is 9.00. The molecule has 1 atom stereocenters. The molecular weight excluding hydrogens is 489 g/mol. The van der Waals surface area contributed by atoms with Gasteiger partial charge in [-0.3, -0.25) is 9.59 Å². The molecule has 8 heteroatoms. The number of rotatable bonds is 8. The van der Waals surface area contributed by atoms with Crippen LogP contribution >= 0.6 is 34.5 Å². The molecule has 0 bridgehead atoms. The van der Waals surface area contributed by atoms with Crippen LogP contribution in [-0.4, -0.2) is 22.8 Å². The van der Waals surface area contributed by atoms with E-state index in [-0.39, 0.29) is 29.7 Å². The quantitative estimate of drug-likeness (QED) is 0.401. The van der Waals surface area contributed by atoms with Crippen molar-refractivity contribution in [2.75, 3.05) is 5.32 Å². The van der Waals surface area contributed by atoms with Crippen molar-refractivity contribution in [3.63, 3.8) is 0 Å². The van der Waals surface area contributed by atoms with Crippen LogP contribution < -0.4 is 5.32 Å². The molecule has 34 heavy (non-hydrogen) atoms. The highest BCUT2D eigenvalue weighted by Gasteiger charge is 2.36. The topological polar surface area (TPSA) is 73.2 Å². The van der Waals surface area contributed by atoms with E-state index in [1.807, 2.05) is 38.7 Å². The van der Waals surface area contributed by atoms with Gasteiger partial charge in [0.25, 0.3) is 0 Å². The highest BCUT2D eigenvalue weighted by Crippen LogP contribution is 2.44. The highest BCUT2D eigenvalue weighted by molar-refractivity contribution is 7.17. The zero-order chi connectivity index (χ0) is 25.0. The van der Waals surface area contributed by atoms with Crippen LogP contribution in [0.1, 0.15) is 80.9 Å². The van der Waals surface area contributed by atoms with Crippen molar-refractivity contribution >= 4 is 51.4 Å². The monoisotopic (exact) mass is 519 g/mol. The lowest BCUT2D eigenvalue weighted by molar-refractivity contribution is -0.135. The van der Waals surface area contributed by atoms with E-state index < -0.39 is 0 Å². The van der Waals surface area contributed by atoms with Gasteiger partial charge in [0, 0.05) is 33.4 Å². The number of hydrogen-bond acceptors (Lipinski definition) is 4. The average molecular weight is 521 g/mol. The molecule has 3 rings (SSSR count). The van der Waals surface area contributed by atoms with Gasteiger partial charge in [-0.05, 0) is 69.2 Å². The van der Waals surface area contributed by atoms with E-state index in [1.165, 1.54) is 11.3 Å². The molecule has 0 spiro atoms. The minimum Gasteiger partial charge on any atom is -0.335 e. The summed E-state index contributed by atoms with van der Waals surface area (Å²) in [7, 11) is 0. The summed E-state index contributed by atoms with van der Waals surface area (Å²) in [5, 5.41) is 14.5. The lowest BCUT2D eigenvalue weighted by Gasteiger charge is -2.32. The van der Waals surface area contributed by atoms with E-state index in [0.717, 1.165) is 41.7 Å². The number of nitrogens with one attached hydrogen (secondary N) is 1. The fraction of sp³-hybridized carbons (Fsp3) is 0.500. The number of fused-ring (bicyclic) bond motifs is 1. The summed E-state index contributed by atoms with van der Waals surface area (Å²) in [6.45, 7) is 8.33. The first-order valence-corrected chi connectivity index (χ1v) is 13.4. The first kappa shape index (κ1) is 26.5. The zero-order valence-corrected chi connectivity index (χ0v) is 22.4. The van der Waals surface area contributed by atoms with Gasteiger partial charge in [-0.15, -0.1) is 11.3 Å². The lowest BCUT2D eigenvalue weighted by atomic mass is 9.86. The van der Waals surface area contributed by atoms with E-state index in [1.54, 1.807) is 12.1 Å². The molecule has 0 saturated carbocycles. The molecular formula is C26H31Cl2N3O2S. The van der Waals surface area contributed by atoms with Crippen molar-refractivity contribution in [1.29, 1.82) is 5.26 Å². The SMILES string of the molecule is CCC(CC)C(=O)Nc1sc2c(c1C#N)CCCC2C(=O)N(Cc1ccc(Cl)cc1Cl)C(C)C. The molecule has 0 saturated heterocycles. The molecule has 5 nitrogen and oxygen atoms in total. The summed E-state index contributed by atoms with van der Waals surface area (Å²) in [6.07, 6.45) is 3.77. The van der Waals surface area contributed by atoms with Crippen molar-refractivity contribution in [3.8, 4) is 6.07 Å². The number of hydrogen-bond donors (Lipinski definition) is 1. The molecule has 0 radical (unpaired) electrons. The van der Waals surface area contributed by atoms with Crippen LogP contribution in [0.2, 0.25) is 10.0 Å². The van der Waals surface area contributed by atoms with Gasteiger partial charge in [-0.25, -0.2) is 0 Å². The summed E-state index contributed by atoms with van der Waals surface area (Å²) < 4.78 is 0. The smallest absolute Gasteiger partial charge is 0.231 e. The first-order valence-electron chi connectivity index (χ1n) is 11.8. The Morgan fingerprint density at radius 3 is 2.56 bits per heavy atom. The summed E-state index contributed by atoms with van der Waals surface area (Å²) in [6, 6.07) is 7.57. The van der Waals surface area contributed by atoms with E-state index in [2.05, 4.69) is 11.4 Å². The Bertz CT molecular complexity index is 1100. The molecule has 0 fully saturated rings.